The highest BCUT2D eigenvalue weighted by molar-refractivity contribution is 6.43. The average Bonchev–Trinajstić information content (AvgIpc) is 2.43. The topological polar surface area (TPSA) is 38.3 Å². The number of ether oxygens (including phenoxy) is 1. The van der Waals surface area contributed by atoms with Crippen molar-refractivity contribution in [3.8, 4) is 0 Å². The normalized spacial score (nSPS) is 10.0. The van der Waals surface area contributed by atoms with Gasteiger partial charge in [0.25, 0.3) is 0 Å². The van der Waals surface area contributed by atoms with Crippen LogP contribution in [-0.4, -0.2) is 6.09 Å². The van der Waals surface area contributed by atoms with Crippen molar-refractivity contribution in [3.05, 3.63) is 64.1 Å². The summed E-state index contributed by atoms with van der Waals surface area (Å²) in [6, 6.07) is 14.4. The highest BCUT2D eigenvalue weighted by Gasteiger charge is 2.08. The smallest absolute Gasteiger partial charge is 0.412 e. The zero-order chi connectivity index (χ0) is 13.7. The molecule has 0 bridgehead atoms. The van der Waals surface area contributed by atoms with Crippen LogP contribution >= 0.6 is 23.2 Å². The van der Waals surface area contributed by atoms with Crippen molar-refractivity contribution >= 4 is 35.0 Å². The second-order valence-corrected chi connectivity index (χ2v) is 4.57. The fraction of sp³-hybridized carbons (Fsp3) is 0.0714. The number of hydrogen-bond acceptors (Lipinski definition) is 2. The van der Waals surface area contributed by atoms with Gasteiger partial charge in [0.05, 0.1) is 15.7 Å². The van der Waals surface area contributed by atoms with E-state index in [-0.39, 0.29) is 6.61 Å². The first-order valence-electron chi connectivity index (χ1n) is 5.58. The molecule has 98 valence electrons. The van der Waals surface area contributed by atoms with E-state index >= 15 is 0 Å². The minimum Gasteiger partial charge on any atom is -0.444 e. The maximum absolute atomic E-state index is 11.6. The molecule has 0 saturated heterocycles. The van der Waals surface area contributed by atoms with Crippen molar-refractivity contribution < 1.29 is 9.53 Å². The third kappa shape index (κ3) is 3.88. The molecule has 2 aromatic rings. The molecule has 0 aliphatic rings. The van der Waals surface area contributed by atoms with Gasteiger partial charge in [0.1, 0.15) is 6.61 Å². The largest absolute Gasteiger partial charge is 0.444 e. The molecule has 0 radical (unpaired) electrons. The highest BCUT2D eigenvalue weighted by Crippen LogP contribution is 2.29. The fourth-order valence-electron chi connectivity index (χ4n) is 1.47. The number of carbonyl (C=O) groups is 1. The standard InChI is InChI=1S/C14H11Cl2NO2/c15-11-7-4-8-12(13(11)16)17-14(18)19-9-10-5-2-1-3-6-10/h1-8H,9H2,(H,17,18). The van der Waals surface area contributed by atoms with Crippen molar-refractivity contribution in [1.29, 1.82) is 0 Å². The summed E-state index contributed by atoms with van der Waals surface area (Å²) in [5, 5.41) is 3.21. The lowest BCUT2D eigenvalue weighted by Gasteiger charge is -2.09. The van der Waals surface area contributed by atoms with E-state index in [1.54, 1.807) is 18.2 Å². The van der Waals surface area contributed by atoms with Crippen LogP contribution in [-0.2, 0) is 11.3 Å². The summed E-state index contributed by atoms with van der Waals surface area (Å²) in [5.41, 5.74) is 1.34. The Morgan fingerprint density at radius 3 is 2.53 bits per heavy atom. The van der Waals surface area contributed by atoms with Crippen LogP contribution in [0.1, 0.15) is 5.56 Å². The van der Waals surface area contributed by atoms with Crippen LogP contribution in [0.4, 0.5) is 10.5 Å². The number of benzene rings is 2. The maximum atomic E-state index is 11.6. The van der Waals surface area contributed by atoms with E-state index in [1.807, 2.05) is 30.3 Å². The molecular formula is C14H11Cl2NO2. The van der Waals surface area contributed by atoms with Gasteiger partial charge in [0.2, 0.25) is 0 Å². The van der Waals surface area contributed by atoms with E-state index in [0.717, 1.165) is 5.56 Å². The molecule has 0 unspecified atom stereocenters. The number of halogens is 2. The molecule has 0 saturated carbocycles. The summed E-state index contributed by atoms with van der Waals surface area (Å²) in [6.45, 7) is 0.199. The predicted molar refractivity (Wildman–Crippen MR) is 76.7 cm³/mol. The number of hydrogen-bond donors (Lipinski definition) is 1. The minimum atomic E-state index is -0.576. The first-order chi connectivity index (χ1) is 9.16. The Balaban J connectivity index is 1.93. The highest BCUT2D eigenvalue weighted by atomic mass is 35.5. The SMILES string of the molecule is O=C(Nc1cccc(Cl)c1Cl)OCc1ccccc1. The molecule has 1 amide bonds. The summed E-state index contributed by atoms with van der Waals surface area (Å²) in [4.78, 5) is 11.6. The summed E-state index contributed by atoms with van der Waals surface area (Å²) in [5.74, 6) is 0. The van der Waals surface area contributed by atoms with Crippen LogP contribution in [0.2, 0.25) is 10.0 Å². The summed E-state index contributed by atoms with van der Waals surface area (Å²) in [6.07, 6.45) is -0.576. The number of anilines is 1. The van der Waals surface area contributed by atoms with E-state index in [1.165, 1.54) is 0 Å². The molecule has 0 spiro atoms. The van der Waals surface area contributed by atoms with Gasteiger partial charge in [-0.25, -0.2) is 4.79 Å². The van der Waals surface area contributed by atoms with Crippen LogP contribution < -0.4 is 5.32 Å². The van der Waals surface area contributed by atoms with E-state index in [2.05, 4.69) is 5.32 Å². The Kier molecular flexibility index (Phi) is 4.66. The average molecular weight is 296 g/mol. The zero-order valence-electron chi connectivity index (χ0n) is 9.90. The monoisotopic (exact) mass is 295 g/mol. The van der Waals surface area contributed by atoms with E-state index in [9.17, 15) is 4.79 Å². The van der Waals surface area contributed by atoms with E-state index < -0.39 is 6.09 Å². The van der Waals surface area contributed by atoms with Crippen molar-refractivity contribution in [1.82, 2.24) is 0 Å². The van der Waals surface area contributed by atoms with Crippen LogP contribution in [0.5, 0.6) is 0 Å². The second-order valence-electron chi connectivity index (χ2n) is 3.79. The van der Waals surface area contributed by atoms with Crippen LogP contribution in [0.25, 0.3) is 0 Å². The number of nitrogens with one attached hydrogen (secondary N) is 1. The Hall–Kier alpha value is -1.71. The summed E-state index contributed by atoms with van der Waals surface area (Å²) >= 11 is 11.8. The molecule has 0 atom stereocenters. The van der Waals surface area contributed by atoms with Crippen LogP contribution in [0.15, 0.2) is 48.5 Å². The molecule has 19 heavy (non-hydrogen) atoms. The van der Waals surface area contributed by atoms with Crippen molar-refractivity contribution in [2.24, 2.45) is 0 Å². The Morgan fingerprint density at radius 2 is 1.79 bits per heavy atom. The number of carbonyl (C=O) groups excluding carboxylic acids is 1. The molecule has 1 N–H and O–H groups in total. The van der Waals surface area contributed by atoms with Crippen molar-refractivity contribution in [3.63, 3.8) is 0 Å². The summed E-state index contributed by atoms with van der Waals surface area (Å²) in [7, 11) is 0. The number of rotatable bonds is 3. The van der Waals surface area contributed by atoms with Crippen LogP contribution in [0.3, 0.4) is 0 Å². The molecule has 2 rings (SSSR count). The first-order valence-corrected chi connectivity index (χ1v) is 6.34. The van der Waals surface area contributed by atoms with Crippen molar-refractivity contribution in [2.75, 3.05) is 5.32 Å². The lowest BCUT2D eigenvalue weighted by Crippen LogP contribution is -2.13. The Morgan fingerprint density at radius 1 is 1.05 bits per heavy atom. The van der Waals surface area contributed by atoms with Gasteiger partial charge in [-0.1, -0.05) is 59.6 Å². The van der Waals surface area contributed by atoms with Gasteiger partial charge in [0, 0.05) is 0 Å². The van der Waals surface area contributed by atoms with Gasteiger partial charge in [-0.05, 0) is 17.7 Å². The van der Waals surface area contributed by atoms with Gasteiger partial charge in [-0.3, -0.25) is 5.32 Å². The Labute approximate surface area is 121 Å². The van der Waals surface area contributed by atoms with E-state index in [4.69, 9.17) is 27.9 Å². The molecular weight excluding hydrogens is 285 g/mol. The van der Waals surface area contributed by atoms with Gasteiger partial charge in [-0.2, -0.15) is 0 Å². The van der Waals surface area contributed by atoms with Gasteiger partial charge >= 0.3 is 6.09 Å². The third-order valence-corrected chi connectivity index (χ3v) is 3.22. The maximum Gasteiger partial charge on any atom is 0.412 e. The molecule has 5 heteroatoms. The fourth-order valence-corrected chi connectivity index (χ4v) is 1.82. The molecule has 0 aromatic heterocycles. The minimum absolute atomic E-state index is 0.199. The number of amides is 1. The molecule has 3 nitrogen and oxygen atoms in total. The molecule has 0 aliphatic carbocycles. The van der Waals surface area contributed by atoms with Gasteiger partial charge in [-0.15, -0.1) is 0 Å². The van der Waals surface area contributed by atoms with Crippen molar-refractivity contribution in [2.45, 2.75) is 6.61 Å². The predicted octanol–water partition coefficient (Wildman–Crippen LogP) is 4.74. The second kappa shape index (κ2) is 6.45. The lowest BCUT2D eigenvalue weighted by molar-refractivity contribution is 0.155. The molecule has 0 heterocycles. The van der Waals surface area contributed by atoms with Crippen LogP contribution in [0, 0.1) is 0 Å². The molecule has 0 fully saturated rings. The zero-order valence-corrected chi connectivity index (χ0v) is 11.4. The van der Waals surface area contributed by atoms with Gasteiger partial charge < -0.3 is 4.74 Å². The third-order valence-electron chi connectivity index (χ3n) is 2.40. The lowest BCUT2D eigenvalue weighted by atomic mass is 10.2. The quantitative estimate of drug-likeness (QED) is 0.888. The van der Waals surface area contributed by atoms with Gasteiger partial charge in [0.15, 0.2) is 0 Å². The molecule has 2 aromatic carbocycles. The van der Waals surface area contributed by atoms with E-state index in [0.29, 0.717) is 15.7 Å². The summed E-state index contributed by atoms with van der Waals surface area (Å²) < 4.78 is 5.08. The first kappa shape index (κ1) is 13.7. The Bertz CT molecular complexity index is 573. The molecule has 0 aliphatic heterocycles.